The number of ether oxygens (including phenoxy) is 2. The van der Waals surface area contributed by atoms with Gasteiger partial charge in [0, 0.05) is 56.3 Å². The Balaban J connectivity index is 0.00000218. The fourth-order valence-corrected chi connectivity index (χ4v) is 2.96. The minimum Gasteiger partial charge on any atom is -0.509 e. The average molecular weight is 573 g/mol. The van der Waals surface area contributed by atoms with Crippen molar-refractivity contribution in [3.63, 3.8) is 0 Å². The maximum Gasteiger partial charge on any atom is 0.216 e. The maximum absolute atomic E-state index is 5.96. The van der Waals surface area contributed by atoms with E-state index in [9.17, 15) is 0 Å². The van der Waals surface area contributed by atoms with Gasteiger partial charge in [-0.1, -0.05) is 18.2 Å². The summed E-state index contributed by atoms with van der Waals surface area (Å²) in [6, 6.07) is 23.2. The molecule has 6 heteroatoms. The van der Waals surface area contributed by atoms with Crippen molar-refractivity contribution < 1.29 is 30.5 Å². The summed E-state index contributed by atoms with van der Waals surface area (Å²) < 4.78 is 11.7. The SMILES string of the molecule is [Pt].[c-]1c(Oc2[c-]c(N3C=C4C=CC=CN4[CH-]3)ccc2)cccc1Oc1ccccn1. The number of hydrogen-bond donors (Lipinski definition) is 0. The molecule has 0 saturated heterocycles. The van der Waals surface area contributed by atoms with E-state index < -0.39 is 0 Å². The summed E-state index contributed by atoms with van der Waals surface area (Å²) >= 11 is 0. The van der Waals surface area contributed by atoms with Crippen LogP contribution in [0.25, 0.3) is 0 Å². The van der Waals surface area contributed by atoms with Crippen LogP contribution in [0.15, 0.2) is 97.1 Å². The smallest absolute Gasteiger partial charge is 0.216 e. The molecule has 0 amide bonds. The topological polar surface area (TPSA) is 37.8 Å². The monoisotopic (exact) mass is 573 g/mol. The summed E-state index contributed by atoms with van der Waals surface area (Å²) in [6.07, 6.45) is 11.8. The quantitative estimate of drug-likeness (QED) is 0.381. The molecule has 30 heavy (non-hydrogen) atoms. The molecule has 0 radical (unpaired) electrons. The third kappa shape index (κ3) is 4.47. The van der Waals surface area contributed by atoms with Gasteiger partial charge >= 0.3 is 0 Å². The molecule has 0 spiro atoms. The minimum atomic E-state index is 0. The summed E-state index contributed by atoms with van der Waals surface area (Å²) in [7, 11) is 0. The van der Waals surface area contributed by atoms with E-state index in [-0.39, 0.29) is 21.1 Å². The fourth-order valence-electron chi connectivity index (χ4n) is 2.96. The predicted molar refractivity (Wildman–Crippen MR) is 110 cm³/mol. The van der Waals surface area contributed by atoms with Crippen LogP contribution >= 0.6 is 0 Å². The van der Waals surface area contributed by atoms with Gasteiger partial charge in [0.2, 0.25) is 5.88 Å². The third-order valence-corrected chi connectivity index (χ3v) is 4.29. The Morgan fingerprint density at radius 2 is 1.60 bits per heavy atom. The second kappa shape index (κ2) is 9.02. The molecular formula is C24H16N3O2Pt-3. The third-order valence-electron chi connectivity index (χ3n) is 4.29. The molecule has 3 aromatic rings. The molecule has 5 nitrogen and oxygen atoms in total. The predicted octanol–water partition coefficient (Wildman–Crippen LogP) is 5.43. The molecule has 0 N–H and O–H groups in total. The molecule has 0 unspecified atom stereocenters. The molecule has 0 bridgehead atoms. The van der Waals surface area contributed by atoms with Crippen LogP contribution in [0, 0.1) is 18.8 Å². The molecule has 2 aromatic carbocycles. The van der Waals surface area contributed by atoms with Crippen LogP contribution in [0.4, 0.5) is 5.69 Å². The molecular weight excluding hydrogens is 557 g/mol. The normalized spacial score (nSPS) is 14.1. The Labute approximate surface area is 189 Å². The van der Waals surface area contributed by atoms with Crippen molar-refractivity contribution >= 4 is 5.69 Å². The van der Waals surface area contributed by atoms with Crippen molar-refractivity contribution in [2.75, 3.05) is 4.90 Å². The fraction of sp³-hybridized carbons (Fsp3) is 0. The zero-order valence-electron chi connectivity index (χ0n) is 15.7. The summed E-state index contributed by atoms with van der Waals surface area (Å²) in [5, 5.41) is 0. The number of benzene rings is 2. The van der Waals surface area contributed by atoms with E-state index in [1.807, 2.05) is 89.6 Å². The zero-order chi connectivity index (χ0) is 19.5. The molecule has 5 rings (SSSR count). The van der Waals surface area contributed by atoms with Gasteiger partial charge in [0.15, 0.2) is 0 Å². The van der Waals surface area contributed by atoms with Crippen LogP contribution in [-0.2, 0) is 21.1 Å². The van der Waals surface area contributed by atoms with E-state index in [4.69, 9.17) is 9.47 Å². The van der Waals surface area contributed by atoms with Gasteiger partial charge in [-0.05, 0) is 30.6 Å². The van der Waals surface area contributed by atoms with Crippen LogP contribution in [0.5, 0.6) is 23.1 Å². The van der Waals surface area contributed by atoms with Crippen LogP contribution in [0.1, 0.15) is 0 Å². The Hall–Kier alpha value is -3.30. The summed E-state index contributed by atoms with van der Waals surface area (Å²) in [5.41, 5.74) is 1.98. The molecule has 2 aliphatic rings. The number of nitrogens with zero attached hydrogens (tertiary/aromatic N) is 3. The van der Waals surface area contributed by atoms with E-state index in [0.717, 1.165) is 11.4 Å². The van der Waals surface area contributed by atoms with Gasteiger partial charge in [-0.3, -0.25) is 0 Å². The second-order valence-electron chi connectivity index (χ2n) is 6.34. The molecule has 152 valence electrons. The van der Waals surface area contributed by atoms with Crippen molar-refractivity contribution in [1.82, 2.24) is 9.88 Å². The Morgan fingerprint density at radius 3 is 2.40 bits per heavy atom. The van der Waals surface area contributed by atoms with Crippen molar-refractivity contribution in [2.45, 2.75) is 0 Å². The molecule has 0 saturated carbocycles. The Kier molecular flexibility index (Phi) is 6.01. The van der Waals surface area contributed by atoms with E-state index >= 15 is 0 Å². The molecule has 0 atom stereocenters. The Morgan fingerprint density at radius 1 is 0.800 bits per heavy atom. The molecule has 0 fully saturated rings. The van der Waals surface area contributed by atoms with Gasteiger partial charge in [0.05, 0.1) is 0 Å². The number of pyridine rings is 1. The first-order valence-electron chi connectivity index (χ1n) is 9.13. The number of aromatic nitrogens is 1. The first-order chi connectivity index (χ1) is 14.3. The standard InChI is InChI=1S/C24H16N3O2.Pt/c1-3-13-25-24(12-1)29-23-11-6-10-22(16-23)28-21-9-5-8-19(15-21)27-17-20-7-2-4-14-26(20)18-27;/h1-14,17-18H;/q-3;. The van der Waals surface area contributed by atoms with Crippen molar-refractivity contribution in [1.29, 1.82) is 0 Å². The first-order valence-corrected chi connectivity index (χ1v) is 9.13. The Bertz CT molecular complexity index is 1110. The number of hydrogen-bond acceptors (Lipinski definition) is 5. The van der Waals surface area contributed by atoms with Gasteiger partial charge in [-0.15, -0.1) is 42.7 Å². The summed E-state index contributed by atoms with van der Waals surface area (Å²) in [5.74, 6) is 2.17. The van der Waals surface area contributed by atoms with Crippen molar-refractivity contribution in [2.24, 2.45) is 0 Å². The first kappa shape index (κ1) is 20.0. The molecule has 0 aliphatic carbocycles. The zero-order valence-corrected chi connectivity index (χ0v) is 18.0. The van der Waals surface area contributed by atoms with Gasteiger partial charge < -0.3 is 19.3 Å². The van der Waals surface area contributed by atoms with Gasteiger partial charge in [0.25, 0.3) is 0 Å². The maximum atomic E-state index is 5.96. The van der Waals surface area contributed by atoms with Crippen molar-refractivity contribution in [3.05, 3.63) is 116 Å². The summed E-state index contributed by atoms with van der Waals surface area (Å²) in [4.78, 5) is 8.21. The molecule has 2 aliphatic heterocycles. The van der Waals surface area contributed by atoms with Gasteiger partial charge in [-0.25, -0.2) is 4.98 Å². The van der Waals surface area contributed by atoms with Crippen molar-refractivity contribution in [3.8, 4) is 23.1 Å². The van der Waals surface area contributed by atoms with Gasteiger partial charge in [-0.2, -0.15) is 12.1 Å². The van der Waals surface area contributed by atoms with E-state index in [0.29, 0.717) is 23.1 Å². The molecule has 3 heterocycles. The van der Waals surface area contributed by atoms with Crippen LogP contribution in [-0.4, -0.2) is 9.88 Å². The van der Waals surface area contributed by atoms with E-state index in [2.05, 4.69) is 23.2 Å². The number of fused-ring (bicyclic) bond motifs is 1. The average Bonchev–Trinajstić information content (AvgIpc) is 3.19. The number of allylic oxidation sites excluding steroid dienone is 3. The number of rotatable bonds is 5. The van der Waals surface area contributed by atoms with Crippen LogP contribution in [0.3, 0.4) is 0 Å². The summed E-state index contributed by atoms with van der Waals surface area (Å²) in [6.45, 7) is 2.00. The van der Waals surface area contributed by atoms with Crippen LogP contribution < -0.4 is 14.4 Å². The van der Waals surface area contributed by atoms with Gasteiger partial charge in [0.1, 0.15) is 0 Å². The van der Waals surface area contributed by atoms with E-state index in [1.165, 1.54) is 0 Å². The minimum absolute atomic E-state index is 0. The largest absolute Gasteiger partial charge is 0.509 e. The van der Waals surface area contributed by atoms with Crippen LogP contribution in [0.2, 0.25) is 0 Å². The van der Waals surface area contributed by atoms with E-state index in [1.54, 1.807) is 12.3 Å². The molecule has 1 aromatic heterocycles. The number of anilines is 1. The second-order valence-corrected chi connectivity index (χ2v) is 6.34.